The fraction of sp³-hybridized carbons (Fsp3) is 0.269. The maximum Gasteiger partial charge on any atom is 0.269 e. The molecule has 6 rings (SSSR count). The SMILES string of the molecule is COc1ccc2c(c1)[C@]1(C(=O)N2)[C@@H](C(=O)c2cccnc2)[C@@H](c2cccc([N+](=O)[O-])c2)[C@H]2CSCN21. The van der Waals surface area contributed by atoms with Gasteiger partial charge in [-0.1, -0.05) is 12.1 Å². The number of nitrogens with one attached hydrogen (secondary N) is 1. The third-order valence-corrected chi connectivity index (χ3v) is 8.56. The number of nitro benzene ring substituents is 1. The van der Waals surface area contributed by atoms with Gasteiger partial charge in [0.15, 0.2) is 5.78 Å². The predicted molar refractivity (Wildman–Crippen MR) is 134 cm³/mol. The molecule has 1 N–H and O–H groups in total. The fourth-order valence-corrected chi connectivity index (χ4v) is 7.41. The Morgan fingerprint density at radius 1 is 1.25 bits per heavy atom. The van der Waals surface area contributed by atoms with Crippen molar-refractivity contribution in [3.8, 4) is 5.75 Å². The van der Waals surface area contributed by atoms with Gasteiger partial charge in [-0.05, 0) is 35.9 Å². The molecule has 0 bridgehead atoms. The van der Waals surface area contributed by atoms with Crippen LogP contribution in [-0.2, 0) is 10.3 Å². The Labute approximate surface area is 211 Å². The molecular formula is C26H22N4O5S. The van der Waals surface area contributed by atoms with Gasteiger partial charge >= 0.3 is 0 Å². The molecule has 3 aliphatic rings. The minimum absolute atomic E-state index is 0.0452. The first-order valence-electron chi connectivity index (χ1n) is 11.5. The molecule has 0 radical (unpaired) electrons. The van der Waals surface area contributed by atoms with Crippen LogP contribution in [0.2, 0.25) is 0 Å². The van der Waals surface area contributed by atoms with Crippen LogP contribution in [0.3, 0.4) is 0 Å². The molecule has 2 aromatic carbocycles. The number of ketones is 1. The molecule has 10 heteroatoms. The monoisotopic (exact) mass is 502 g/mol. The smallest absolute Gasteiger partial charge is 0.269 e. The third-order valence-electron chi connectivity index (χ3n) is 7.52. The van der Waals surface area contributed by atoms with Crippen LogP contribution >= 0.6 is 11.8 Å². The normalized spacial score (nSPS) is 26.5. The molecule has 1 spiro atoms. The highest BCUT2D eigenvalue weighted by atomic mass is 32.2. The second-order valence-corrected chi connectivity index (χ2v) is 10.1. The summed E-state index contributed by atoms with van der Waals surface area (Å²) in [6.07, 6.45) is 3.11. The third kappa shape index (κ3) is 3.11. The zero-order chi connectivity index (χ0) is 25.0. The lowest BCUT2D eigenvalue weighted by Gasteiger charge is -2.36. The highest BCUT2D eigenvalue weighted by Gasteiger charge is 2.69. The van der Waals surface area contributed by atoms with Crippen molar-refractivity contribution < 1.29 is 19.2 Å². The van der Waals surface area contributed by atoms with E-state index < -0.39 is 22.3 Å². The summed E-state index contributed by atoms with van der Waals surface area (Å²) in [5.74, 6) is 0.0614. The number of ether oxygens (including phenoxy) is 1. The Morgan fingerprint density at radius 2 is 2.11 bits per heavy atom. The van der Waals surface area contributed by atoms with Gasteiger partial charge in [-0.2, -0.15) is 0 Å². The van der Waals surface area contributed by atoms with Crippen LogP contribution in [0.5, 0.6) is 5.75 Å². The molecule has 2 fully saturated rings. The number of hydrogen-bond acceptors (Lipinski definition) is 8. The van der Waals surface area contributed by atoms with Crippen LogP contribution in [-0.4, -0.2) is 51.3 Å². The number of fused-ring (bicyclic) bond motifs is 4. The van der Waals surface area contributed by atoms with Gasteiger partial charge in [0.05, 0.1) is 18.0 Å². The molecule has 0 unspecified atom stereocenters. The number of non-ortho nitro benzene ring substituents is 1. The Bertz CT molecular complexity index is 1400. The van der Waals surface area contributed by atoms with Crippen LogP contribution in [0.25, 0.3) is 0 Å². The Hall–Kier alpha value is -3.76. The first-order chi connectivity index (χ1) is 17.5. The summed E-state index contributed by atoms with van der Waals surface area (Å²) in [7, 11) is 1.56. The number of anilines is 1. The first kappa shape index (κ1) is 22.7. The van der Waals surface area contributed by atoms with Crippen molar-refractivity contribution in [3.05, 3.63) is 93.8 Å². The predicted octanol–water partition coefficient (Wildman–Crippen LogP) is 3.82. The molecule has 3 aliphatic heterocycles. The van der Waals surface area contributed by atoms with Crippen molar-refractivity contribution in [1.82, 2.24) is 9.88 Å². The molecule has 0 saturated carbocycles. The number of thioether (sulfide) groups is 1. The maximum atomic E-state index is 14.3. The number of pyridine rings is 1. The van der Waals surface area contributed by atoms with E-state index in [1.807, 2.05) is 12.1 Å². The van der Waals surface area contributed by atoms with Gasteiger partial charge in [0, 0.05) is 64.9 Å². The highest BCUT2D eigenvalue weighted by molar-refractivity contribution is 7.99. The summed E-state index contributed by atoms with van der Waals surface area (Å²) in [5.41, 5.74) is 1.06. The number of methoxy groups -OCH3 is 1. The van der Waals surface area contributed by atoms with Crippen LogP contribution in [0.15, 0.2) is 67.0 Å². The van der Waals surface area contributed by atoms with Crippen molar-refractivity contribution in [3.63, 3.8) is 0 Å². The number of Topliss-reactive ketones (excluding diaryl/α,β-unsaturated/α-hetero) is 1. The zero-order valence-corrected chi connectivity index (χ0v) is 20.1. The lowest BCUT2D eigenvalue weighted by molar-refractivity contribution is -0.384. The van der Waals surface area contributed by atoms with Gasteiger partial charge in [0.2, 0.25) is 5.91 Å². The van der Waals surface area contributed by atoms with E-state index in [-0.39, 0.29) is 23.4 Å². The molecule has 2 saturated heterocycles. The largest absolute Gasteiger partial charge is 0.497 e. The minimum Gasteiger partial charge on any atom is -0.497 e. The topological polar surface area (TPSA) is 115 Å². The van der Waals surface area contributed by atoms with Crippen molar-refractivity contribution in [2.45, 2.75) is 17.5 Å². The number of hydrogen-bond donors (Lipinski definition) is 1. The lowest BCUT2D eigenvalue weighted by Crippen LogP contribution is -2.52. The van der Waals surface area contributed by atoms with Gasteiger partial charge in [-0.3, -0.25) is 29.6 Å². The van der Waals surface area contributed by atoms with E-state index in [1.165, 1.54) is 18.3 Å². The maximum absolute atomic E-state index is 14.3. The standard InChI is InChI=1S/C26H22N4O5S/c1-35-18-7-8-20-19(11-18)26(25(32)28-20)23(24(31)16-5-3-9-27-12-16)22(21-13-36-14-29(21)26)15-4-2-6-17(10-15)30(33)34/h2-12,21-23H,13-14H2,1H3,(H,28,32)/t21-,22+,23-,26-/m1/s1. The van der Waals surface area contributed by atoms with E-state index >= 15 is 0 Å². The summed E-state index contributed by atoms with van der Waals surface area (Å²) in [5, 5.41) is 14.6. The summed E-state index contributed by atoms with van der Waals surface area (Å²) < 4.78 is 5.49. The summed E-state index contributed by atoms with van der Waals surface area (Å²) >= 11 is 1.69. The van der Waals surface area contributed by atoms with Crippen LogP contribution in [0.1, 0.15) is 27.4 Å². The van der Waals surface area contributed by atoms with Crippen molar-refractivity contribution in [2.24, 2.45) is 5.92 Å². The second kappa shape index (κ2) is 8.42. The van der Waals surface area contributed by atoms with Gasteiger partial charge in [0.25, 0.3) is 5.69 Å². The molecular weight excluding hydrogens is 480 g/mol. The number of carbonyl (C=O) groups is 2. The van der Waals surface area contributed by atoms with E-state index in [4.69, 9.17) is 4.74 Å². The molecule has 1 aromatic heterocycles. The van der Waals surface area contributed by atoms with Crippen LogP contribution < -0.4 is 10.1 Å². The number of amides is 1. The molecule has 182 valence electrons. The van der Waals surface area contributed by atoms with Gasteiger partial charge < -0.3 is 10.1 Å². The van der Waals surface area contributed by atoms with E-state index in [0.717, 1.165) is 0 Å². The molecule has 36 heavy (non-hydrogen) atoms. The minimum atomic E-state index is -1.29. The van der Waals surface area contributed by atoms with Gasteiger partial charge in [-0.25, -0.2) is 0 Å². The van der Waals surface area contributed by atoms with Gasteiger partial charge in [0.1, 0.15) is 11.3 Å². The second-order valence-electron chi connectivity index (χ2n) is 9.13. The molecule has 9 nitrogen and oxygen atoms in total. The fourth-order valence-electron chi connectivity index (χ4n) is 6.09. The quantitative estimate of drug-likeness (QED) is 0.318. The summed E-state index contributed by atoms with van der Waals surface area (Å²) in [4.78, 5) is 45.8. The van der Waals surface area contributed by atoms with Crippen molar-refractivity contribution >= 4 is 34.8 Å². The van der Waals surface area contributed by atoms with E-state index in [2.05, 4.69) is 15.2 Å². The lowest BCUT2D eigenvalue weighted by atomic mass is 9.69. The number of rotatable bonds is 5. The average Bonchev–Trinajstić information content (AvgIpc) is 3.57. The summed E-state index contributed by atoms with van der Waals surface area (Å²) in [6, 6.07) is 15.1. The van der Waals surface area contributed by atoms with Crippen molar-refractivity contribution in [1.29, 1.82) is 0 Å². The summed E-state index contributed by atoms with van der Waals surface area (Å²) in [6.45, 7) is 0. The molecule has 4 heterocycles. The van der Waals surface area contributed by atoms with Crippen LogP contribution in [0.4, 0.5) is 11.4 Å². The molecule has 0 aliphatic carbocycles. The van der Waals surface area contributed by atoms with E-state index in [9.17, 15) is 19.7 Å². The zero-order valence-electron chi connectivity index (χ0n) is 19.3. The molecule has 3 aromatic rings. The average molecular weight is 503 g/mol. The van der Waals surface area contributed by atoms with Gasteiger partial charge in [-0.15, -0.1) is 11.8 Å². The van der Waals surface area contributed by atoms with Crippen LogP contribution in [0, 0.1) is 16.0 Å². The number of carbonyl (C=O) groups excluding carboxylic acids is 2. The number of aromatic nitrogens is 1. The molecule has 1 amide bonds. The highest BCUT2D eigenvalue weighted by Crippen LogP contribution is 2.61. The Balaban J connectivity index is 1.63. The van der Waals surface area contributed by atoms with Crippen molar-refractivity contribution in [2.75, 3.05) is 24.1 Å². The molecule has 4 atom stereocenters. The Morgan fingerprint density at radius 3 is 2.86 bits per heavy atom. The Kier molecular flexibility index (Phi) is 5.31. The first-order valence-corrected chi connectivity index (χ1v) is 12.7. The number of nitrogens with zero attached hydrogens (tertiary/aromatic N) is 3. The van der Waals surface area contributed by atoms with E-state index in [1.54, 1.807) is 55.4 Å². The van der Waals surface area contributed by atoms with E-state index in [0.29, 0.717) is 39.8 Å². The number of benzene rings is 2. The number of nitro groups is 1.